The SMILES string of the molecule is CC.O=C(O)C(Br)CBr. The normalized spacial score (nSPS) is 11.1. The molecule has 0 fully saturated rings. The van der Waals surface area contributed by atoms with Crippen LogP contribution in [0.3, 0.4) is 0 Å². The van der Waals surface area contributed by atoms with Gasteiger partial charge in [-0.05, 0) is 0 Å². The predicted molar refractivity (Wildman–Crippen MR) is 45.5 cm³/mol. The molecule has 0 aromatic carbocycles. The van der Waals surface area contributed by atoms with E-state index in [1.807, 2.05) is 13.8 Å². The Morgan fingerprint density at radius 3 is 2.00 bits per heavy atom. The summed E-state index contributed by atoms with van der Waals surface area (Å²) in [6.45, 7) is 4.00. The van der Waals surface area contributed by atoms with Crippen LogP contribution in [0.5, 0.6) is 0 Å². The molecule has 0 aliphatic heterocycles. The summed E-state index contributed by atoms with van der Waals surface area (Å²) in [4.78, 5) is 9.40. The Morgan fingerprint density at radius 1 is 1.67 bits per heavy atom. The van der Waals surface area contributed by atoms with E-state index in [4.69, 9.17) is 5.11 Å². The van der Waals surface area contributed by atoms with E-state index in [0.29, 0.717) is 5.33 Å². The van der Waals surface area contributed by atoms with Crippen molar-refractivity contribution in [3.05, 3.63) is 0 Å². The van der Waals surface area contributed by atoms with Gasteiger partial charge in [-0.2, -0.15) is 0 Å². The number of hydrogen-bond donors (Lipinski definition) is 1. The molecule has 0 aliphatic carbocycles. The van der Waals surface area contributed by atoms with Crippen molar-refractivity contribution in [2.24, 2.45) is 0 Å². The third kappa shape index (κ3) is 8.43. The molecule has 1 atom stereocenters. The number of halogens is 2. The molecule has 0 heterocycles. The maximum Gasteiger partial charge on any atom is 0.318 e. The molecule has 0 rings (SSSR count). The minimum absolute atomic E-state index is 0.447. The Bertz CT molecular complexity index is 75.4. The van der Waals surface area contributed by atoms with Crippen molar-refractivity contribution in [1.29, 1.82) is 0 Å². The molecule has 0 aromatic heterocycles. The fourth-order valence-corrected chi connectivity index (χ4v) is 0.343. The maximum absolute atomic E-state index is 9.85. The van der Waals surface area contributed by atoms with Gasteiger partial charge >= 0.3 is 5.97 Å². The standard InChI is InChI=1S/C3H4Br2O2.C2H6/c4-1-2(5)3(6)7;1-2/h2H,1H2,(H,6,7);1-2H3. The van der Waals surface area contributed by atoms with Gasteiger partial charge in [0.2, 0.25) is 0 Å². The molecule has 0 amide bonds. The highest BCUT2D eigenvalue weighted by atomic mass is 79.9. The molecule has 4 heteroatoms. The molecule has 9 heavy (non-hydrogen) atoms. The lowest BCUT2D eigenvalue weighted by Crippen LogP contribution is -2.12. The lowest BCUT2D eigenvalue weighted by molar-refractivity contribution is -0.135. The van der Waals surface area contributed by atoms with Crippen LogP contribution >= 0.6 is 31.9 Å². The Morgan fingerprint density at radius 2 is 2.00 bits per heavy atom. The van der Waals surface area contributed by atoms with Gasteiger partial charge in [0.05, 0.1) is 0 Å². The van der Waals surface area contributed by atoms with Crippen LogP contribution in [0.1, 0.15) is 13.8 Å². The molecule has 0 spiro atoms. The summed E-state index contributed by atoms with van der Waals surface area (Å²) in [7, 11) is 0. The van der Waals surface area contributed by atoms with E-state index in [9.17, 15) is 4.79 Å². The van der Waals surface area contributed by atoms with Gasteiger partial charge in [-0.1, -0.05) is 45.7 Å². The summed E-state index contributed by atoms with van der Waals surface area (Å²) in [6, 6.07) is 0. The van der Waals surface area contributed by atoms with Crippen LogP contribution in [-0.2, 0) is 4.79 Å². The molecule has 56 valence electrons. The minimum atomic E-state index is -0.836. The first-order valence-electron chi connectivity index (χ1n) is 2.61. The molecule has 1 N–H and O–H groups in total. The molecular formula is C5H10Br2O2. The number of hydrogen-bond acceptors (Lipinski definition) is 1. The van der Waals surface area contributed by atoms with Crippen molar-refractivity contribution in [2.45, 2.75) is 18.7 Å². The van der Waals surface area contributed by atoms with Gasteiger partial charge in [0.25, 0.3) is 0 Å². The van der Waals surface area contributed by atoms with Gasteiger partial charge in [0.1, 0.15) is 4.83 Å². The van der Waals surface area contributed by atoms with Crippen LogP contribution in [0.15, 0.2) is 0 Å². The fraction of sp³-hybridized carbons (Fsp3) is 0.800. The topological polar surface area (TPSA) is 37.3 Å². The molecule has 0 aliphatic rings. The van der Waals surface area contributed by atoms with E-state index in [1.54, 1.807) is 0 Å². The van der Waals surface area contributed by atoms with Gasteiger partial charge < -0.3 is 5.11 Å². The van der Waals surface area contributed by atoms with E-state index >= 15 is 0 Å². The smallest absolute Gasteiger partial charge is 0.318 e. The van der Waals surface area contributed by atoms with E-state index in [-0.39, 0.29) is 0 Å². The summed E-state index contributed by atoms with van der Waals surface area (Å²) in [5, 5.41) is 8.55. The van der Waals surface area contributed by atoms with E-state index in [1.165, 1.54) is 0 Å². The molecule has 1 unspecified atom stereocenters. The second kappa shape index (κ2) is 8.43. The van der Waals surface area contributed by atoms with Gasteiger partial charge in [-0.3, -0.25) is 4.79 Å². The van der Waals surface area contributed by atoms with Crippen LogP contribution in [0.4, 0.5) is 0 Å². The monoisotopic (exact) mass is 260 g/mol. The average molecular weight is 262 g/mol. The highest BCUT2D eigenvalue weighted by Gasteiger charge is 2.08. The highest BCUT2D eigenvalue weighted by Crippen LogP contribution is 2.01. The van der Waals surface area contributed by atoms with Crippen molar-refractivity contribution in [2.75, 3.05) is 5.33 Å². The summed E-state index contributed by atoms with van der Waals surface area (Å²) in [6.07, 6.45) is 0. The fourth-order valence-electron chi connectivity index (χ4n) is 0.0660. The van der Waals surface area contributed by atoms with Crippen LogP contribution in [-0.4, -0.2) is 21.2 Å². The zero-order valence-corrected chi connectivity index (χ0v) is 8.57. The van der Waals surface area contributed by atoms with Gasteiger partial charge in [-0.15, -0.1) is 0 Å². The summed E-state index contributed by atoms with van der Waals surface area (Å²) in [5.74, 6) is -0.836. The van der Waals surface area contributed by atoms with Gasteiger partial charge in [0, 0.05) is 5.33 Å². The second-order valence-corrected chi connectivity index (χ2v) is 2.71. The first-order valence-corrected chi connectivity index (χ1v) is 4.65. The van der Waals surface area contributed by atoms with Crippen molar-refractivity contribution in [3.8, 4) is 0 Å². The van der Waals surface area contributed by atoms with E-state index in [2.05, 4.69) is 31.9 Å². The lowest BCUT2D eigenvalue weighted by Gasteiger charge is -1.93. The third-order valence-electron chi connectivity index (χ3n) is 0.403. The number of rotatable bonds is 2. The summed E-state index contributed by atoms with van der Waals surface area (Å²) in [5.41, 5.74) is 0. The van der Waals surface area contributed by atoms with Crippen molar-refractivity contribution < 1.29 is 9.90 Å². The third-order valence-corrected chi connectivity index (χ3v) is 2.64. The number of alkyl halides is 2. The Labute approximate surface area is 71.9 Å². The first kappa shape index (κ1) is 12.1. The van der Waals surface area contributed by atoms with Crippen molar-refractivity contribution >= 4 is 37.8 Å². The van der Waals surface area contributed by atoms with Gasteiger partial charge in [0.15, 0.2) is 0 Å². The second-order valence-electron chi connectivity index (χ2n) is 0.960. The molecule has 0 saturated carbocycles. The molecule has 0 aromatic rings. The Balaban J connectivity index is 0. The number of aliphatic carboxylic acids is 1. The van der Waals surface area contributed by atoms with Crippen LogP contribution in [0, 0.1) is 0 Å². The zero-order valence-electron chi connectivity index (χ0n) is 5.40. The Hall–Kier alpha value is 0.430. The van der Waals surface area contributed by atoms with E-state index in [0.717, 1.165) is 0 Å². The predicted octanol–water partition coefficient (Wildman–Crippen LogP) is 2.26. The van der Waals surface area contributed by atoms with Gasteiger partial charge in [-0.25, -0.2) is 0 Å². The largest absolute Gasteiger partial charge is 0.480 e. The summed E-state index contributed by atoms with van der Waals surface area (Å²) >= 11 is 5.88. The summed E-state index contributed by atoms with van der Waals surface area (Å²) < 4.78 is 0. The van der Waals surface area contributed by atoms with Crippen LogP contribution in [0.25, 0.3) is 0 Å². The minimum Gasteiger partial charge on any atom is -0.480 e. The molecule has 2 nitrogen and oxygen atoms in total. The van der Waals surface area contributed by atoms with Crippen LogP contribution < -0.4 is 0 Å². The van der Waals surface area contributed by atoms with Crippen LogP contribution in [0.2, 0.25) is 0 Å². The zero-order chi connectivity index (χ0) is 7.86. The Kier molecular flexibility index (Phi) is 11.4. The van der Waals surface area contributed by atoms with Crippen molar-refractivity contribution in [1.82, 2.24) is 0 Å². The number of carboxylic acids is 1. The number of carboxylic acid groups (broad SMARTS) is 1. The average Bonchev–Trinajstić information content (AvgIpc) is 1.91. The van der Waals surface area contributed by atoms with Crippen molar-refractivity contribution in [3.63, 3.8) is 0 Å². The maximum atomic E-state index is 9.85. The highest BCUT2D eigenvalue weighted by molar-refractivity contribution is 9.12. The molecule has 0 bridgehead atoms. The first-order chi connectivity index (χ1) is 4.18. The quantitative estimate of drug-likeness (QED) is 0.775. The molecular weight excluding hydrogens is 252 g/mol. The van der Waals surface area contributed by atoms with E-state index < -0.39 is 10.8 Å². The molecule has 0 radical (unpaired) electrons. The molecule has 0 saturated heterocycles. The number of carbonyl (C=O) groups is 1. The lowest BCUT2D eigenvalue weighted by atomic mass is 10.5.